The zero-order chi connectivity index (χ0) is 20.6. The fourth-order valence-corrected chi connectivity index (χ4v) is 3.71. The van der Waals surface area contributed by atoms with Gasteiger partial charge in [0.1, 0.15) is 11.4 Å². The summed E-state index contributed by atoms with van der Waals surface area (Å²) in [5.74, 6) is 0.274. The Kier molecular flexibility index (Phi) is 4.78. The maximum Gasteiger partial charge on any atom is 0.222 e. The van der Waals surface area contributed by atoms with Crippen LogP contribution < -0.4 is 5.32 Å². The number of hydrogen-bond acceptors (Lipinski definition) is 6. The molecule has 0 aliphatic carbocycles. The molecule has 4 heterocycles. The van der Waals surface area contributed by atoms with E-state index in [0.29, 0.717) is 42.4 Å². The summed E-state index contributed by atoms with van der Waals surface area (Å²) in [7, 11) is 3.56. The Morgan fingerprint density at radius 1 is 1.41 bits per heavy atom. The number of methoxy groups -OCH3 is 1. The van der Waals surface area contributed by atoms with Crippen molar-refractivity contribution in [3.63, 3.8) is 0 Å². The van der Waals surface area contributed by atoms with Crippen molar-refractivity contribution in [1.29, 1.82) is 5.26 Å². The second-order valence-corrected chi connectivity index (χ2v) is 7.16. The molecule has 0 radical (unpaired) electrons. The molecule has 29 heavy (non-hydrogen) atoms. The lowest BCUT2D eigenvalue weighted by atomic mass is 9.95. The molecule has 0 saturated carbocycles. The molecule has 8 heteroatoms. The molecular formula is C21H21N5O3. The van der Waals surface area contributed by atoms with Crippen LogP contribution in [0.4, 0.5) is 5.82 Å². The monoisotopic (exact) mass is 391 g/mol. The molecule has 0 spiro atoms. The summed E-state index contributed by atoms with van der Waals surface area (Å²) in [6.45, 7) is 2.43. The van der Waals surface area contributed by atoms with Gasteiger partial charge in [-0.1, -0.05) is 0 Å². The second-order valence-electron chi connectivity index (χ2n) is 7.16. The third-order valence-corrected chi connectivity index (χ3v) is 5.25. The number of aromatic nitrogens is 3. The van der Waals surface area contributed by atoms with Crippen LogP contribution in [0, 0.1) is 11.3 Å². The second kappa shape index (κ2) is 7.28. The first-order chi connectivity index (χ1) is 14.0. The Morgan fingerprint density at radius 2 is 2.24 bits per heavy atom. The molecule has 1 amide bonds. The highest BCUT2D eigenvalue weighted by Gasteiger charge is 2.39. The first-order valence-electron chi connectivity index (χ1n) is 9.24. The van der Waals surface area contributed by atoms with Gasteiger partial charge in [-0.2, -0.15) is 5.26 Å². The molecular weight excluding hydrogens is 370 g/mol. The van der Waals surface area contributed by atoms with Crippen LogP contribution in [0.5, 0.6) is 0 Å². The fraction of sp³-hybridized carbons (Fsp3) is 0.333. The van der Waals surface area contributed by atoms with Crippen LogP contribution in [0.3, 0.4) is 0 Å². The minimum atomic E-state index is -0.658. The van der Waals surface area contributed by atoms with Gasteiger partial charge < -0.3 is 19.4 Å². The number of ether oxygens (including phenoxy) is 2. The van der Waals surface area contributed by atoms with Crippen molar-refractivity contribution >= 4 is 22.6 Å². The van der Waals surface area contributed by atoms with E-state index in [1.165, 1.54) is 6.92 Å². The summed E-state index contributed by atoms with van der Waals surface area (Å²) in [6, 6.07) is 7.56. The number of hydrogen-bond donors (Lipinski definition) is 1. The van der Waals surface area contributed by atoms with Gasteiger partial charge in [0, 0.05) is 51.3 Å². The first-order valence-corrected chi connectivity index (χ1v) is 9.24. The summed E-state index contributed by atoms with van der Waals surface area (Å²) < 4.78 is 13.3. The van der Waals surface area contributed by atoms with Crippen molar-refractivity contribution < 1.29 is 14.3 Å². The van der Waals surface area contributed by atoms with Crippen molar-refractivity contribution in [2.45, 2.75) is 18.9 Å². The average Bonchev–Trinajstić information content (AvgIpc) is 3.33. The molecule has 1 N–H and O–H groups in total. The SMILES string of the molecule is CO[C@]1(c2cc(C#N)cc(-c3cn(C)c4cnc(NC(C)=O)cc34)n2)CCOC1. The Hall–Kier alpha value is -3.28. The number of nitrogens with one attached hydrogen (secondary N) is 1. The van der Waals surface area contributed by atoms with Gasteiger partial charge in [-0.25, -0.2) is 9.97 Å². The summed E-state index contributed by atoms with van der Waals surface area (Å²) in [5.41, 5.74) is 2.93. The maximum atomic E-state index is 11.4. The number of amides is 1. The van der Waals surface area contributed by atoms with E-state index in [1.54, 1.807) is 25.4 Å². The Morgan fingerprint density at radius 3 is 2.90 bits per heavy atom. The van der Waals surface area contributed by atoms with E-state index in [4.69, 9.17) is 14.5 Å². The van der Waals surface area contributed by atoms with E-state index in [1.807, 2.05) is 23.9 Å². The lowest BCUT2D eigenvalue weighted by molar-refractivity contribution is -0.114. The number of carbonyl (C=O) groups is 1. The molecule has 1 aliphatic rings. The van der Waals surface area contributed by atoms with Gasteiger partial charge in [-0.3, -0.25) is 4.79 Å². The predicted molar refractivity (Wildman–Crippen MR) is 107 cm³/mol. The Bertz CT molecular complexity index is 1140. The number of anilines is 1. The van der Waals surface area contributed by atoms with Gasteiger partial charge >= 0.3 is 0 Å². The first kappa shape index (κ1) is 19.1. The van der Waals surface area contributed by atoms with Crippen LogP contribution in [0.25, 0.3) is 22.2 Å². The average molecular weight is 391 g/mol. The van der Waals surface area contributed by atoms with E-state index in [9.17, 15) is 10.1 Å². The smallest absolute Gasteiger partial charge is 0.222 e. The van der Waals surface area contributed by atoms with Gasteiger partial charge in [0.2, 0.25) is 5.91 Å². The molecule has 1 aliphatic heterocycles. The summed E-state index contributed by atoms with van der Waals surface area (Å²) in [6.07, 6.45) is 4.33. The van der Waals surface area contributed by atoms with Crippen LogP contribution in [0.1, 0.15) is 24.6 Å². The molecule has 3 aromatic rings. The van der Waals surface area contributed by atoms with Crippen molar-refractivity contribution in [2.75, 3.05) is 25.6 Å². The number of pyridine rings is 2. The Labute approximate surface area is 168 Å². The van der Waals surface area contributed by atoms with E-state index in [2.05, 4.69) is 16.4 Å². The number of aryl methyl sites for hydroxylation is 1. The zero-order valence-electron chi connectivity index (χ0n) is 16.5. The lowest BCUT2D eigenvalue weighted by Gasteiger charge is -2.25. The van der Waals surface area contributed by atoms with E-state index < -0.39 is 5.60 Å². The molecule has 1 fully saturated rings. The van der Waals surface area contributed by atoms with Crippen molar-refractivity contribution in [3.05, 3.63) is 41.9 Å². The Balaban J connectivity index is 1.90. The molecule has 0 unspecified atom stereocenters. The quantitative estimate of drug-likeness (QED) is 0.734. The largest absolute Gasteiger partial charge is 0.378 e. The number of nitriles is 1. The van der Waals surface area contributed by atoms with Gasteiger partial charge in [0.15, 0.2) is 0 Å². The number of carbonyl (C=O) groups excluding carboxylic acids is 1. The topological polar surface area (TPSA) is 102 Å². The number of rotatable bonds is 4. The van der Waals surface area contributed by atoms with Gasteiger partial charge in [0.05, 0.1) is 41.3 Å². The molecule has 0 bridgehead atoms. The number of fused-ring (bicyclic) bond motifs is 1. The highest BCUT2D eigenvalue weighted by molar-refractivity contribution is 5.98. The minimum absolute atomic E-state index is 0.190. The van der Waals surface area contributed by atoms with E-state index >= 15 is 0 Å². The minimum Gasteiger partial charge on any atom is -0.378 e. The predicted octanol–water partition coefficient (Wildman–Crippen LogP) is 2.73. The van der Waals surface area contributed by atoms with Gasteiger partial charge in [0.25, 0.3) is 0 Å². The molecule has 4 rings (SSSR count). The normalized spacial score (nSPS) is 18.7. The lowest BCUT2D eigenvalue weighted by Crippen LogP contribution is -2.30. The molecule has 3 aromatic heterocycles. The maximum absolute atomic E-state index is 11.4. The summed E-state index contributed by atoms with van der Waals surface area (Å²) in [5, 5.41) is 13.2. The van der Waals surface area contributed by atoms with Crippen molar-refractivity contribution in [3.8, 4) is 17.3 Å². The van der Waals surface area contributed by atoms with E-state index in [-0.39, 0.29) is 5.91 Å². The van der Waals surface area contributed by atoms with Crippen molar-refractivity contribution in [1.82, 2.24) is 14.5 Å². The molecule has 8 nitrogen and oxygen atoms in total. The summed E-state index contributed by atoms with van der Waals surface area (Å²) >= 11 is 0. The standard InChI is InChI=1S/C21H21N5O3/c1-13(27)24-20-8-15-16(11-26(2)18(15)10-23-20)17-6-14(9-22)7-19(25-17)21(28-3)4-5-29-12-21/h6-8,10-11H,4-5,12H2,1-3H3,(H,23,24,27)/t21-/m1/s1. The highest BCUT2D eigenvalue weighted by atomic mass is 16.5. The van der Waals surface area contributed by atoms with Crippen molar-refractivity contribution in [2.24, 2.45) is 7.05 Å². The van der Waals surface area contributed by atoms with Gasteiger partial charge in [-0.05, 0) is 18.2 Å². The molecule has 148 valence electrons. The van der Waals surface area contributed by atoms with Crippen LogP contribution in [-0.4, -0.2) is 40.8 Å². The number of nitrogens with zero attached hydrogens (tertiary/aromatic N) is 4. The molecule has 1 saturated heterocycles. The zero-order valence-corrected chi connectivity index (χ0v) is 16.5. The van der Waals surface area contributed by atoms with Crippen LogP contribution >= 0.6 is 0 Å². The molecule has 1 atom stereocenters. The third kappa shape index (κ3) is 3.35. The van der Waals surface area contributed by atoms with Gasteiger partial charge in [-0.15, -0.1) is 0 Å². The highest BCUT2D eigenvalue weighted by Crippen LogP contribution is 2.36. The third-order valence-electron chi connectivity index (χ3n) is 5.25. The van der Waals surface area contributed by atoms with E-state index in [0.717, 1.165) is 16.5 Å². The van der Waals surface area contributed by atoms with Crippen LogP contribution in [-0.2, 0) is 26.9 Å². The molecule has 0 aromatic carbocycles. The fourth-order valence-electron chi connectivity index (χ4n) is 3.71. The summed E-state index contributed by atoms with van der Waals surface area (Å²) in [4.78, 5) is 20.6. The van der Waals surface area contributed by atoms with Crippen LogP contribution in [0.15, 0.2) is 30.6 Å². The van der Waals surface area contributed by atoms with Crippen LogP contribution in [0.2, 0.25) is 0 Å².